The van der Waals surface area contributed by atoms with Gasteiger partial charge in [0.05, 0.1) is 6.61 Å². The highest BCUT2D eigenvalue weighted by Crippen LogP contribution is 2.14. The summed E-state index contributed by atoms with van der Waals surface area (Å²) in [5.41, 5.74) is 0. The topological polar surface area (TPSA) is 32.7 Å². The van der Waals surface area contributed by atoms with Crippen LogP contribution in [0.1, 0.15) is 12.8 Å². The Labute approximate surface area is 61.5 Å². The number of likely N-dealkylation sites (tertiary alicyclic amines) is 1. The molecule has 60 valence electrons. The van der Waals surface area contributed by atoms with Crippen LogP contribution in [0.25, 0.3) is 0 Å². The molecular weight excluding hydrogens is 130 g/mol. The molecule has 0 bridgehead atoms. The molecule has 0 aromatic carbocycles. The first-order valence-electron chi connectivity index (χ1n) is 3.78. The maximum Gasteiger partial charge on any atom is 0.0860 e. The Hall–Kier alpha value is -0.120. The summed E-state index contributed by atoms with van der Waals surface area (Å²) in [6.07, 6.45) is 2.41. The van der Waals surface area contributed by atoms with Crippen LogP contribution >= 0.6 is 0 Å². The molecule has 0 saturated carbocycles. The molecule has 1 atom stereocenters. The summed E-state index contributed by atoms with van der Waals surface area (Å²) in [7, 11) is 2.10. The molecule has 0 spiro atoms. The summed E-state index contributed by atoms with van der Waals surface area (Å²) in [6, 6.07) is 0. The van der Waals surface area contributed by atoms with Gasteiger partial charge in [0, 0.05) is 6.54 Å². The fourth-order valence-corrected chi connectivity index (χ4v) is 1.51. The van der Waals surface area contributed by atoms with E-state index in [1.165, 1.54) is 19.4 Å². The van der Waals surface area contributed by atoms with Crippen molar-refractivity contribution in [2.75, 3.05) is 26.7 Å². The third-order valence-corrected chi connectivity index (χ3v) is 2.03. The van der Waals surface area contributed by atoms with Crippen molar-refractivity contribution >= 4 is 0 Å². The molecule has 0 radical (unpaired) electrons. The molecule has 1 rings (SSSR count). The zero-order chi connectivity index (χ0) is 7.40. The molecule has 0 amide bonds. The molecule has 10 heavy (non-hydrogen) atoms. The summed E-state index contributed by atoms with van der Waals surface area (Å²) in [4.78, 5) is 6.37. The molecule has 1 N–H and O–H groups in total. The summed E-state index contributed by atoms with van der Waals surface area (Å²) in [5, 5.41) is 8.19. The Bertz CT molecular complexity index is 95.6. The zero-order valence-electron chi connectivity index (χ0n) is 6.42. The Balaban J connectivity index is 2.18. The van der Waals surface area contributed by atoms with E-state index in [4.69, 9.17) is 5.26 Å². The third-order valence-electron chi connectivity index (χ3n) is 2.03. The van der Waals surface area contributed by atoms with Crippen LogP contribution in [0.15, 0.2) is 0 Å². The van der Waals surface area contributed by atoms with Gasteiger partial charge >= 0.3 is 0 Å². The second-order valence-electron chi connectivity index (χ2n) is 3.07. The summed E-state index contributed by atoms with van der Waals surface area (Å²) < 4.78 is 0. The van der Waals surface area contributed by atoms with Crippen LogP contribution in [0.2, 0.25) is 0 Å². The Morgan fingerprint density at radius 1 is 1.70 bits per heavy atom. The fourth-order valence-electron chi connectivity index (χ4n) is 1.51. The molecular formula is C7H15NO2. The van der Waals surface area contributed by atoms with Gasteiger partial charge in [-0.1, -0.05) is 0 Å². The highest BCUT2D eigenvalue weighted by molar-refractivity contribution is 4.69. The van der Waals surface area contributed by atoms with E-state index in [0.717, 1.165) is 6.54 Å². The van der Waals surface area contributed by atoms with Gasteiger partial charge < -0.3 is 4.90 Å². The highest BCUT2D eigenvalue weighted by Gasteiger charge is 2.16. The van der Waals surface area contributed by atoms with E-state index >= 15 is 0 Å². The minimum Gasteiger partial charge on any atom is -0.306 e. The molecule has 3 nitrogen and oxygen atoms in total. The van der Waals surface area contributed by atoms with Gasteiger partial charge in [0.1, 0.15) is 0 Å². The molecule has 0 aliphatic carbocycles. The Kier molecular flexibility index (Phi) is 3.12. The molecule has 1 saturated heterocycles. The normalized spacial score (nSPS) is 28.8. The standard InChI is InChI=1S/C7H15NO2/c1-8-4-2-3-7(5-8)6-10-9/h7,9H,2-6H2,1H3. The van der Waals surface area contributed by atoms with Gasteiger partial charge in [-0.05, 0) is 32.4 Å². The van der Waals surface area contributed by atoms with E-state index in [-0.39, 0.29) is 0 Å². The molecule has 0 aromatic rings. The molecule has 1 heterocycles. The average Bonchev–Trinajstić information content (AvgIpc) is 1.88. The largest absolute Gasteiger partial charge is 0.306 e. The number of nitrogens with zero attached hydrogens (tertiary/aromatic N) is 1. The van der Waals surface area contributed by atoms with Crippen molar-refractivity contribution in [2.24, 2.45) is 5.92 Å². The number of hydrogen-bond acceptors (Lipinski definition) is 3. The predicted molar refractivity (Wildman–Crippen MR) is 38.8 cm³/mol. The Morgan fingerprint density at radius 2 is 2.50 bits per heavy atom. The predicted octanol–water partition coefficient (Wildman–Crippen LogP) is 0.818. The fraction of sp³-hybridized carbons (Fsp3) is 1.00. The Morgan fingerprint density at radius 3 is 3.10 bits per heavy atom. The van der Waals surface area contributed by atoms with E-state index in [9.17, 15) is 0 Å². The maximum atomic E-state index is 8.19. The van der Waals surface area contributed by atoms with E-state index in [1.54, 1.807) is 0 Å². The summed E-state index contributed by atoms with van der Waals surface area (Å²) in [5.74, 6) is 0.531. The van der Waals surface area contributed by atoms with Gasteiger partial charge in [-0.2, -0.15) is 0 Å². The first-order valence-corrected chi connectivity index (χ1v) is 3.78. The van der Waals surface area contributed by atoms with Gasteiger partial charge in [-0.25, -0.2) is 4.89 Å². The number of rotatable bonds is 2. The SMILES string of the molecule is CN1CCCC(COO)C1. The monoisotopic (exact) mass is 145 g/mol. The third kappa shape index (κ3) is 2.25. The van der Waals surface area contributed by atoms with E-state index in [0.29, 0.717) is 12.5 Å². The second-order valence-corrected chi connectivity index (χ2v) is 3.07. The van der Waals surface area contributed by atoms with Crippen molar-refractivity contribution < 1.29 is 10.1 Å². The number of hydrogen-bond donors (Lipinski definition) is 1. The lowest BCUT2D eigenvalue weighted by atomic mass is 10.00. The van der Waals surface area contributed by atoms with Crippen LogP contribution < -0.4 is 0 Å². The number of piperidine rings is 1. The first kappa shape index (κ1) is 7.98. The van der Waals surface area contributed by atoms with Crippen molar-refractivity contribution in [2.45, 2.75) is 12.8 Å². The first-order chi connectivity index (χ1) is 4.83. The molecule has 0 aromatic heterocycles. The van der Waals surface area contributed by atoms with Crippen LogP contribution in [-0.4, -0.2) is 36.9 Å². The molecule has 1 aliphatic rings. The van der Waals surface area contributed by atoms with Gasteiger partial charge in [0.25, 0.3) is 0 Å². The zero-order valence-corrected chi connectivity index (χ0v) is 6.42. The second kappa shape index (κ2) is 3.91. The van der Waals surface area contributed by atoms with Crippen LogP contribution in [0.4, 0.5) is 0 Å². The molecule has 1 unspecified atom stereocenters. The van der Waals surface area contributed by atoms with Crippen molar-refractivity contribution in [1.82, 2.24) is 4.90 Å². The lowest BCUT2D eigenvalue weighted by Gasteiger charge is -2.28. The summed E-state index contributed by atoms with van der Waals surface area (Å²) >= 11 is 0. The highest BCUT2D eigenvalue weighted by atomic mass is 17.1. The van der Waals surface area contributed by atoms with Gasteiger partial charge in [-0.15, -0.1) is 0 Å². The smallest absolute Gasteiger partial charge is 0.0860 e. The minimum absolute atomic E-state index is 0.490. The van der Waals surface area contributed by atoms with Crippen LogP contribution in [-0.2, 0) is 4.89 Å². The van der Waals surface area contributed by atoms with Crippen molar-refractivity contribution in [3.63, 3.8) is 0 Å². The van der Waals surface area contributed by atoms with Gasteiger partial charge in [0.2, 0.25) is 0 Å². The van der Waals surface area contributed by atoms with E-state index in [1.807, 2.05) is 0 Å². The molecule has 3 heteroatoms. The van der Waals surface area contributed by atoms with Crippen LogP contribution in [0, 0.1) is 5.92 Å². The average molecular weight is 145 g/mol. The van der Waals surface area contributed by atoms with Crippen LogP contribution in [0.3, 0.4) is 0 Å². The quantitative estimate of drug-likeness (QED) is 0.461. The van der Waals surface area contributed by atoms with Crippen molar-refractivity contribution in [3.8, 4) is 0 Å². The lowest BCUT2D eigenvalue weighted by Crippen LogP contribution is -2.33. The van der Waals surface area contributed by atoms with E-state index in [2.05, 4.69) is 16.8 Å². The molecule has 1 fully saturated rings. The van der Waals surface area contributed by atoms with Gasteiger partial charge in [0.15, 0.2) is 0 Å². The van der Waals surface area contributed by atoms with Crippen LogP contribution in [0.5, 0.6) is 0 Å². The maximum absolute atomic E-state index is 8.19. The van der Waals surface area contributed by atoms with Crippen molar-refractivity contribution in [3.05, 3.63) is 0 Å². The summed E-state index contributed by atoms with van der Waals surface area (Å²) in [6.45, 7) is 2.73. The lowest BCUT2D eigenvalue weighted by molar-refractivity contribution is -0.252. The molecule has 1 aliphatic heterocycles. The minimum atomic E-state index is 0.490. The van der Waals surface area contributed by atoms with Gasteiger partial charge in [-0.3, -0.25) is 5.26 Å². The van der Waals surface area contributed by atoms with E-state index < -0.39 is 0 Å². The van der Waals surface area contributed by atoms with Crippen molar-refractivity contribution in [1.29, 1.82) is 0 Å².